The van der Waals surface area contributed by atoms with Crippen LogP contribution in [0.1, 0.15) is 17.7 Å². The van der Waals surface area contributed by atoms with Gasteiger partial charge in [-0.05, 0) is 31.9 Å². The summed E-state index contributed by atoms with van der Waals surface area (Å²) in [4.78, 5) is 20.1. The van der Waals surface area contributed by atoms with Gasteiger partial charge >= 0.3 is 6.03 Å². The molecule has 4 nitrogen and oxygen atoms in total. The summed E-state index contributed by atoms with van der Waals surface area (Å²) in [6.45, 7) is 3.75. The van der Waals surface area contributed by atoms with Crippen LogP contribution >= 0.6 is 22.7 Å². The van der Waals surface area contributed by atoms with Crippen molar-refractivity contribution in [2.75, 3.05) is 13.1 Å². The van der Waals surface area contributed by atoms with E-state index in [-0.39, 0.29) is 6.03 Å². The lowest BCUT2D eigenvalue weighted by molar-refractivity contribution is 0.218. The Bertz CT molecular complexity index is 647. The lowest BCUT2D eigenvalue weighted by Gasteiger charge is -2.10. The van der Waals surface area contributed by atoms with Crippen LogP contribution in [0.15, 0.2) is 28.7 Å². The number of nitrogens with zero attached hydrogens (tertiary/aromatic N) is 3. The molecule has 1 fully saturated rings. The second kappa shape index (κ2) is 5.30. The molecular weight excluding hydrogens is 278 g/mol. The maximum atomic E-state index is 12.1. The molecule has 0 aromatic carbocycles. The predicted molar refractivity (Wildman–Crippen MR) is 78.0 cm³/mol. The number of likely N-dealkylation sites (tertiary alicyclic amines) is 1. The molecule has 0 saturated carbocycles. The number of thiazole rings is 1. The van der Waals surface area contributed by atoms with Crippen LogP contribution in [0.3, 0.4) is 0 Å². The van der Waals surface area contributed by atoms with Gasteiger partial charge in [-0.15, -0.1) is 22.7 Å². The summed E-state index contributed by atoms with van der Waals surface area (Å²) in [5.74, 6) is 0. The van der Waals surface area contributed by atoms with Crippen LogP contribution < -0.4 is 4.80 Å². The lowest BCUT2D eigenvalue weighted by Crippen LogP contribution is -2.27. The van der Waals surface area contributed by atoms with Crippen LogP contribution in [-0.2, 0) is 0 Å². The number of urea groups is 1. The van der Waals surface area contributed by atoms with Crippen molar-refractivity contribution >= 4 is 28.7 Å². The van der Waals surface area contributed by atoms with E-state index in [1.165, 1.54) is 16.2 Å². The van der Waals surface area contributed by atoms with Crippen molar-refractivity contribution in [1.29, 1.82) is 0 Å². The Morgan fingerprint density at radius 2 is 2.11 bits per heavy atom. The Hall–Kier alpha value is -1.40. The molecule has 0 spiro atoms. The van der Waals surface area contributed by atoms with Crippen LogP contribution in [0.25, 0.3) is 5.00 Å². The standard InChI is InChI=1S/C13H15N3OS2/c1-10-4-5-11(19-10)16-8-9-18-13(16)14-12(17)15-6-2-3-7-15/h4-5,8-9H,2-3,6-7H2,1H3. The summed E-state index contributed by atoms with van der Waals surface area (Å²) in [6.07, 6.45) is 4.15. The molecule has 3 rings (SSSR count). The highest BCUT2D eigenvalue weighted by Crippen LogP contribution is 2.18. The zero-order valence-corrected chi connectivity index (χ0v) is 12.3. The fourth-order valence-corrected chi connectivity index (χ4v) is 3.75. The SMILES string of the molecule is Cc1ccc(-n2ccsc2=NC(=O)N2CCCC2)s1. The fraction of sp³-hybridized carbons (Fsp3) is 0.385. The highest BCUT2D eigenvalue weighted by Gasteiger charge is 2.17. The Balaban J connectivity index is 1.93. The first kappa shape index (κ1) is 12.6. The molecule has 0 radical (unpaired) electrons. The van der Waals surface area contributed by atoms with Gasteiger partial charge in [-0.25, -0.2) is 4.79 Å². The minimum absolute atomic E-state index is 0.109. The van der Waals surface area contributed by atoms with Crippen LogP contribution in [0, 0.1) is 6.92 Å². The van der Waals surface area contributed by atoms with Crippen molar-refractivity contribution in [3.63, 3.8) is 0 Å². The van der Waals surface area contributed by atoms with Crippen molar-refractivity contribution < 1.29 is 4.79 Å². The molecule has 0 N–H and O–H groups in total. The number of carbonyl (C=O) groups is 1. The van der Waals surface area contributed by atoms with Crippen LogP contribution in [0.4, 0.5) is 4.79 Å². The third-order valence-electron chi connectivity index (χ3n) is 3.12. The fourth-order valence-electron chi connectivity index (χ4n) is 2.13. The van der Waals surface area contributed by atoms with E-state index in [2.05, 4.69) is 24.0 Å². The zero-order chi connectivity index (χ0) is 13.2. The molecule has 1 aliphatic rings. The van der Waals surface area contributed by atoms with Gasteiger partial charge in [-0.1, -0.05) is 0 Å². The van der Waals surface area contributed by atoms with E-state index < -0.39 is 0 Å². The third kappa shape index (κ3) is 2.64. The van der Waals surface area contributed by atoms with Crippen LogP contribution in [0.2, 0.25) is 0 Å². The van der Waals surface area contributed by atoms with Crippen molar-refractivity contribution in [1.82, 2.24) is 9.47 Å². The first-order valence-corrected chi connectivity index (χ1v) is 8.00. The molecule has 0 atom stereocenters. The normalized spacial score (nSPS) is 16.3. The lowest BCUT2D eigenvalue weighted by atomic mass is 10.4. The highest BCUT2D eigenvalue weighted by atomic mass is 32.1. The van der Waals surface area contributed by atoms with Gasteiger partial charge in [0.25, 0.3) is 0 Å². The average molecular weight is 293 g/mol. The minimum atomic E-state index is -0.109. The summed E-state index contributed by atoms with van der Waals surface area (Å²) >= 11 is 3.20. The number of aryl methyl sites for hydroxylation is 1. The van der Waals surface area contributed by atoms with Gasteiger partial charge in [0.1, 0.15) is 5.00 Å². The van der Waals surface area contributed by atoms with Gasteiger partial charge in [0.05, 0.1) is 0 Å². The van der Waals surface area contributed by atoms with Gasteiger partial charge in [-0.3, -0.25) is 4.57 Å². The summed E-state index contributed by atoms with van der Waals surface area (Å²) in [6, 6.07) is 4.03. The molecule has 19 heavy (non-hydrogen) atoms. The zero-order valence-electron chi connectivity index (χ0n) is 10.7. The molecule has 2 amide bonds. The second-order valence-electron chi connectivity index (χ2n) is 4.53. The largest absolute Gasteiger partial charge is 0.346 e. The topological polar surface area (TPSA) is 37.6 Å². The van der Waals surface area contributed by atoms with Crippen LogP contribution in [0.5, 0.6) is 0 Å². The van der Waals surface area contributed by atoms with Crippen molar-refractivity contribution in [3.8, 4) is 5.00 Å². The van der Waals surface area contributed by atoms with E-state index in [0.29, 0.717) is 0 Å². The Morgan fingerprint density at radius 3 is 2.79 bits per heavy atom. The quantitative estimate of drug-likeness (QED) is 0.796. The number of aromatic nitrogens is 1. The van der Waals surface area contributed by atoms with E-state index in [9.17, 15) is 4.79 Å². The van der Waals surface area contributed by atoms with E-state index in [1.54, 1.807) is 11.3 Å². The molecule has 6 heteroatoms. The number of rotatable bonds is 1. The molecule has 3 heterocycles. The second-order valence-corrected chi connectivity index (χ2v) is 6.67. The monoisotopic (exact) mass is 293 g/mol. The van der Waals surface area contributed by atoms with Gasteiger partial charge < -0.3 is 4.90 Å². The number of amides is 2. The summed E-state index contributed by atoms with van der Waals surface area (Å²) < 4.78 is 1.98. The van der Waals surface area contributed by atoms with Gasteiger partial charge in [-0.2, -0.15) is 4.99 Å². The summed E-state index contributed by atoms with van der Waals surface area (Å²) in [5, 5.41) is 3.07. The van der Waals surface area contributed by atoms with E-state index >= 15 is 0 Å². The van der Waals surface area contributed by atoms with Crippen molar-refractivity contribution in [3.05, 3.63) is 33.4 Å². The van der Waals surface area contributed by atoms with E-state index in [0.717, 1.165) is 35.7 Å². The minimum Gasteiger partial charge on any atom is -0.323 e. The molecular formula is C13H15N3OS2. The number of thiophene rings is 1. The smallest absolute Gasteiger partial charge is 0.323 e. The molecule has 1 aliphatic heterocycles. The van der Waals surface area contributed by atoms with Crippen molar-refractivity contribution in [2.24, 2.45) is 4.99 Å². The maximum absolute atomic E-state index is 12.1. The summed E-state index contributed by atoms with van der Waals surface area (Å²) in [5.41, 5.74) is 0. The first-order chi connectivity index (χ1) is 9.24. The average Bonchev–Trinajstić information content (AvgIpc) is 3.08. The van der Waals surface area contributed by atoms with Crippen LogP contribution in [-0.4, -0.2) is 28.6 Å². The van der Waals surface area contributed by atoms with Crippen molar-refractivity contribution in [2.45, 2.75) is 19.8 Å². The maximum Gasteiger partial charge on any atom is 0.346 e. The van der Waals surface area contributed by atoms with Gasteiger partial charge in [0.15, 0.2) is 4.80 Å². The van der Waals surface area contributed by atoms with Gasteiger partial charge in [0.2, 0.25) is 0 Å². The number of hydrogen-bond acceptors (Lipinski definition) is 3. The highest BCUT2D eigenvalue weighted by molar-refractivity contribution is 7.14. The number of carbonyl (C=O) groups excluding carboxylic acids is 1. The Morgan fingerprint density at radius 1 is 1.32 bits per heavy atom. The molecule has 1 saturated heterocycles. The van der Waals surface area contributed by atoms with E-state index in [1.807, 2.05) is 21.0 Å². The Labute approximate surface area is 119 Å². The Kier molecular flexibility index (Phi) is 3.52. The van der Waals surface area contributed by atoms with E-state index in [4.69, 9.17) is 0 Å². The molecule has 100 valence electrons. The molecule has 2 aromatic heterocycles. The van der Waals surface area contributed by atoms with Gasteiger partial charge in [0, 0.05) is 29.5 Å². The molecule has 2 aromatic rings. The third-order valence-corrected chi connectivity index (χ3v) is 4.88. The molecule has 0 aliphatic carbocycles. The first-order valence-electron chi connectivity index (χ1n) is 6.30. The summed E-state index contributed by atoms with van der Waals surface area (Å²) in [7, 11) is 0. The number of hydrogen-bond donors (Lipinski definition) is 0. The predicted octanol–water partition coefficient (Wildman–Crippen LogP) is 3.03. The molecule has 0 unspecified atom stereocenters. The molecule has 0 bridgehead atoms.